The minimum atomic E-state index is 0.0900. The molecule has 0 fully saturated rings. The van der Waals surface area contributed by atoms with Crippen LogP contribution >= 0.6 is 15.9 Å². The fourth-order valence-electron chi connectivity index (χ4n) is 1.59. The van der Waals surface area contributed by atoms with Crippen molar-refractivity contribution in [2.24, 2.45) is 0 Å². The van der Waals surface area contributed by atoms with Crippen LogP contribution in [0.3, 0.4) is 0 Å². The van der Waals surface area contributed by atoms with E-state index in [9.17, 15) is 0 Å². The lowest BCUT2D eigenvalue weighted by molar-refractivity contribution is 0.424. The molecule has 0 unspecified atom stereocenters. The molecule has 0 atom stereocenters. The van der Waals surface area contributed by atoms with Crippen LogP contribution in [-0.2, 0) is 6.54 Å². The fourth-order valence-corrected chi connectivity index (χ4v) is 1.94. The van der Waals surface area contributed by atoms with E-state index in [1.54, 1.807) is 17.3 Å². The standard InChI is InChI=1S/C13H17BrN4/c1-13(2,3)16-7-10-4-5-11(14)6-12(10)18-9-15-8-17-18/h4-6,8-9,16H,7H2,1-3H3. The maximum atomic E-state index is 4.19. The summed E-state index contributed by atoms with van der Waals surface area (Å²) in [6.45, 7) is 7.26. The summed E-state index contributed by atoms with van der Waals surface area (Å²) in [6, 6.07) is 6.19. The molecule has 18 heavy (non-hydrogen) atoms. The molecule has 0 saturated heterocycles. The molecule has 4 nitrogen and oxygen atoms in total. The number of hydrogen-bond donors (Lipinski definition) is 1. The van der Waals surface area contributed by atoms with E-state index < -0.39 is 0 Å². The predicted molar refractivity (Wildman–Crippen MR) is 75.7 cm³/mol. The van der Waals surface area contributed by atoms with Crippen LogP contribution in [0.2, 0.25) is 0 Å². The Labute approximate surface area is 116 Å². The summed E-state index contributed by atoms with van der Waals surface area (Å²) in [5.74, 6) is 0. The van der Waals surface area contributed by atoms with Gasteiger partial charge in [-0.05, 0) is 38.5 Å². The molecule has 96 valence electrons. The fraction of sp³-hybridized carbons (Fsp3) is 0.385. The normalized spacial score (nSPS) is 11.8. The number of hydrogen-bond acceptors (Lipinski definition) is 3. The zero-order chi connectivity index (χ0) is 13.2. The number of nitrogens with zero attached hydrogens (tertiary/aromatic N) is 3. The zero-order valence-electron chi connectivity index (χ0n) is 10.8. The van der Waals surface area contributed by atoms with Gasteiger partial charge in [0.1, 0.15) is 12.7 Å². The molecule has 0 aliphatic rings. The third-order valence-electron chi connectivity index (χ3n) is 2.52. The van der Waals surface area contributed by atoms with Crippen LogP contribution in [0.5, 0.6) is 0 Å². The van der Waals surface area contributed by atoms with E-state index in [0.717, 1.165) is 16.7 Å². The number of halogens is 1. The van der Waals surface area contributed by atoms with Crippen LogP contribution in [0.4, 0.5) is 0 Å². The minimum Gasteiger partial charge on any atom is -0.308 e. The lowest BCUT2D eigenvalue weighted by Crippen LogP contribution is -2.35. The molecule has 1 aromatic heterocycles. The Morgan fingerprint density at radius 2 is 2.11 bits per heavy atom. The smallest absolute Gasteiger partial charge is 0.138 e. The van der Waals surface area contributed by atoms with Gasteiger partial charge < -0.3 is 5.32 Å². The van der Waals surface area contributed by atoms with Crippen LogP contribution in [0.1, 0.15) is 26.3 Å². The van der Waals surface area contributed by atoms with Crippen LogP contribution in [0, 0.1) is 0 Å². The average molecular weight is 309 g/mol. The largest absolute Gasteiger partial charge is 0.308 e. The Morgan fingerprint density at radius 3 is 2.72 bits per heavy atom. The van der Waals surface area contributed by atoms with Crippen molar-refractivity contribution in [2.45, 2.75) is 32.9 Å². The molecular weight excluding hydrogens is 292 g/mol. The molecule has 0 bridgehead atoms. The molecule has 0 aliphatic carbocycles. The maximum absolute atomic E-state index is 4.19. The summed E-state index contributed by atoms with van der Waals surface area (Å²) in [5, 5.41) is 7.67. The Morgan fingerprint density at radius 1 is 1.33 bits per heavy atom. The molecule has 0 saturated carbocycles. The summed E-state index contributed by atoms with van der Waals surface area (Å²) in [7, 11) is 0. The van der Waals surface area contributed by atoms with Crippen LogP contribution in [0.25, 0.3) is 5.69 Å². The summed E-state index contributed by atoms with van der Waals surface area (Å²) in [5.41, 5.74) is 2.32. The van der Waals surface area contributed by atoms with Gasteiger partial charge in [0.15, 0.2) is 0 Å². The Hall–Kier alpha value is -1.20. The highest BCUT2D eigenvalue weighted by Crippen LogP contribution is 2.20. The van der Waals surface area contributed by atoms with Crippen molar-refractivity contribution in [1.29, 1.82) is 0 Å². The van der Waals surface area contributed by atoms with E-state index in [1.165, 1.54) is 5.56 Å². The van der Waals surface area contributed by atoms with Gasteiger partial charge in [-0.15, -0.1) is 0 Å². The van der Waals surface area contributed by atoms with Gasteiger partial charge in [0.25, 0.3) is 0 Å². The Bertz CT molecular complexity index is 514. The number of nitrogens with one attached hydrogen (secondary N) is 1. The highest BCUT2D eigenvalue weighted by Gasteiger charge is 2.11. The number of benzene rings is 1. The van der Waals surface area contributed by atoms with E-state index in [-0.39, 0.29) is 5.54 Å². The van der Waals surface area contributed by atoms with Crippen molar-refractivity contribution >= 4 is 15.9 Å². The van der Waals surface area contributed by atoms with Crippen molar-refractivity contribution in [3.05, 3.63) is 40.9 Å². The molecule has 0 radical (unpaired) electrons. The van der Waals surface area contributed by atoms with E-state index in [2.05, 4.69) is 58.2 Å². The van der Waals surface area contributed by atoms with Crippen LogP contribution in [-0.4, -0.2) is 20.3 Å². The highest BCUT2D eigenvalue weighted by molar-refractivity contribution is 9.10. The monoisotopic (exact) mass is 308 g/mol. The van der Waals surface area contributed by atoms with Crippen molar-refractivity contribution in [3.8, 4) is 5.69 Å². The van der Waals surface area contributed by atoms with Gasteiger partial charge in [-0.3, -0.25) is 0 Å². The first-order valence-corrected chi connectivity index (χ1v) is 6.63. The Kier molecular flexibility index (Phi) is 3.82. The maximum Gasteiger partial charge on any atom is 0.138 e. The van der Waals surface area contributed by atoms with Crippen molar-refractivity contribution in [1.82, 2.24) is 20.1 Å². The first-order chi connectivity index (χ1) is 8.46. The van der Waals surface area contributed by atoms with Gasteiger partial charge in [-0.2, -0.15) is 5.10 Å². The van der Waals surface area contributed by atoms with E-state index in [0.29, 0.717) is 0 Å². The van der Waals surface area contributed by atoms with Crippen molar-refractivity contribution in [2.75, 3.05) is 0 Å². The van der Waals surface area contributed by atoms with E-state index >= 15 is 0 Å². The first-order valence-electron chi connectivity index (χ1n) is 5.84. The SMILES string of the molecule is CC(C)(C)NCc1ccc(Br)cc1-n1cncn1. The molecule has 0 aliphatic heterocycles. The third kappa shape index (κ3) is 3.40. The van der Waals surface area contributed by atoms with Gasteiger partial charge in [0.05, 0.1) is 5.69 Å². The van der Waals surface area contributed by atoms with E-state index in [1.807, 2.05) is 12.1 Å². The lowest BCUT2D eigenvalue weighted by Gasteiger charge is -2.21. The quantitative estimate of drug-likeness (QED) is 0.948. The number of rotatable bonds is 3. The number of aromatic nitrogens is 3. The molecule has 1 heterocycles. The summed E-state index contributed by atoms with van der Waals surface area (Å²) < 4.78 is 2.82. The zero-order valence-corrected chi connectivity index (χ0v) is 12.4. The predicted octanol–water partition coefficient (Wildman–Crippen LogP) is 2.92. The lowest BCUT2D eigenvalue weighted by atomic mass is 10.1. The summed E-state index contributed by atoms with van der Waals surface area (Å²) in [6.07, 6.45) is 3.25. The van der Waals surface area contributed by atoms with Gasteiger partial charge in [-0.1, -0.05) is 22.0 Å². The Balaban J connectivity index is 2.30. The van der Waals surface area contributed by atoms with Gasteiger partial charge in [0.2, 0.25) is 0 Å². The van der Waals surface area contributed by atoms with E-state index in [4.69, 9.17) is 0 Å². The first kappa shape index (κ1) is 13.2. The van der Waals surface area contributed by atoms with Gasteiger partial charge >= 0.3 is 0 Å². The second kappa shape index (κ2) is 5.20. The summed E-state index contributed by atoms with van der Waals surface area (Å²) >= 11 is 3.49. The molecule has 2 aromatic rings. The molecule has 1 aromatic carbocycles. The van der Waals surface area contributed by atoms with Crippen LogP contribution < -0.4 is 5.32 Å². The molecular formula is C13H17BrN4. The van der Waals surface area contributed by atoms with Crippen LogP contribution in [0.15, 0.2) is 35.3 Å². The topological polar surface area (TPSA) is 42.7 Å². The van der Waals surface area contributed by atoms with Gasteiger partial charge in [-0.25, -0.2) is 9.67 Å². The molecule has 0 spiro atoms. The second-order valence-corrected chi connectivity index (χ2v) is 6.13. The van der Waals surface area contributed by atoms with Crippen molar-refractivity contribution in [3.63, 3.8) is 0 Å². The average Bonchev–Trinajstić information content (AvgIpc) is 2.79. The minimum absolute atomic E-state index is 0.0900. The third-order valence-corrected chi connectivity index (χ3v) is 3.02. The van der Waals surface area contributed by atoms with Crippen molar-refractivity contribution < 1.29 is 0 Å². The second-order valence-electron chi connectivity index (χ2n) is 5.22. The highest BCUT2D eigenvalue weighted by atomic mass is 79.9. The molecule has 5 heteroatoms. The molecule has 0 amide bonds. The van der Waals surface area contributed by atoms with Gasteiger partial charge in [0, 0.05) is 16.6 Å². The molecule has 2 rings (SSSR count). The summed E-state index contributed by atoms with van der Waals surface area (Å²) in [4.78, 5) is 3.99. The molecule has 1 N–H and O–H groups in total.